The lowest BCUT2D eigenvalue weighted by Crippen LogP contribution is -2.36. The quantitative estimate of drug-likeness (QED) is 0.701. The lowest BCUT2D eigenvalue weighted by molar-refractivity contribution is -0.145. The standard InChI is InChI=1S/C19H19N3O3/c1-12(19(24)25-2)17(13-6-4-3-5-7-13)21-18(23)14-8-9-16-15(10-14)11-20-22-16/h3-12,17H,1-2H3,(H,20,22)(H,21,23)/t12-,17+/m1/s1. The molecule has 0 bridgehead atoms. The molecule has 0 radical (unpaired) electrons. The maximum atomic E-state index is 12.7. The molecule has 6 nitrogen and oxygen atoms in total. The SMILES string of the molecule is COC(=O)[C@H](C)[C@H](NC(=O)c1ccc2[nH]ncc2c1)c1ccccc1. The number of rotatable bonds is 5. The van der Waals surface area contributed by atoms with Gasteiger partial charge in [0, 0.05) is 10.9 Å². The number of methoxy groups -OCH3 is 1. The number of ether oxygens (including phenoxy) is 1. The smallest absolute Gasteiger partial charge is 0.310 e. The first-order valence-electron chi connectivity index (χ1n) is 7.97. The summed E-state index contributed by atoms with van der Waals surface area (Å²) in [5, 5.41) is 10.6. The van der Waals surface area contributed by atoms with Crippen LogP contribution in [0.5, 0.6) is 0 Å². The lowest BCUT2D eigenvalue weighted by Gasteiger charge is -2.24. The Bertz CT molecular complexity index is 889. The van der Waals surface area contributed by atoms with Crippen molar-refractivity contribution in [2.24, 2.45) is 5.92 Å². The molecule has 0 fully saturated rings. The average Bonchev–Trinajstić information content (AvgIpc) is 3.13. The summed E-state index contributed by atoms with van der Waals surface area (Å²) >= 11 is 0. The van der Waals surface area contributed by atoms with Crippen molar-refractivity contribution in [3.63, 3.8) is 0 Å². The second-order valence-corrected chi connectivity index (χ2v) is 5.85. The number of carbonyl (C=O) groups is 2. The summed E-state index contributed by atoms with van der Waals surface area (Å²) in [6, 6.07) is 14.2. The molecule has 0 saturated carbocycles. The predicted molar refractivity (Wildman–Crippen MR) is 93.9 cm³/mol. The predicted octanol–water partition coefficient (Wildman–Crippen LogP) is 2.84. The topological polar surface area (TPSA) is 84.1 Å². The molecule has 2 N–H and O–H groups in total. The number of nitrogens with one attached hydrogen (secondary N) is 2. The number of esters is 1. The fraction of sp³-hybridized carbons (Fsp3) is 0.211. The van der Waals surface area contributed by atoms with Gasteiger partial charge in [-0.1, -0.05) is 30.3 Å². The van der Waals surface area contributed by atoms with E-state index in [2.05, 4.69) is 15.5 Å². The van der Waals surface area contributed by atoms with Crippen LogP contribution in [0.1, 0.15) is 28.9 Å². The van der Waals surface area contributed by atoms with Crippen LogP contribution in [-0.2, 0) is 9.53 Å². The molecule has 1 aromatic heterocycles. The van der Waals surface area contributed by atoms with E-state index in [1.165, 1.54) is 7.11 Å². The van der Waals surface area contributed by atoms with Crippen molar-refractivity contribution in [3.05, 3.63) is 65.9 Å². The molecule has 25 heavy (non-hydrogen) atoms. The van der Waals surface area contributed by atoms with Crippen molar-refractivity contribution in [1.82, 2.24) is 15.5 Å². The molecule has 128 valence electrons. The van der Waals surface area contributed by atoms with Crippen LogP contribution >= 0.6 is 0 Å². The molecule has 0 spiro atoms. The van der Waals surface area contributed by atoms with Crippen LogP contribution in [0.2, 0.25) is 0 Å². The van der Waals surface area contributed by atoms with E-state index in [4.69, 9.17) is 4.74 Å². The molecule has 3 rings (SSSR count). The Morgan fingerprint density at radius 2 is 1.92 bits per heavy atom. The number of amides is 1. The maximum Gasteiger partial charge on any atom is 0.310 e. The van der Waals surface area contributed by atoms with Crippen molar-refractivity contribution >= 4 is 22.8 Å². The zero-order valence-electron chi connectivity index (χ0n) is 14.0. The van der Waals surface area contributed by atoms with E-state index in [1.807, 2.05) is 30.3 Å². The van der Waals surface area contributed by atoms with E-state index in [1.54, 1.807) is 31.3 Å². The molecule has 2 aromatic carbocycles. The second-order valence-electron chi connectivity index (χ2n) is 5.85. The molecular weight excluding hydrogens is 318 g/mol. The third-order valence-electron chi connectivity index (χ3n) is 4.22. The third-order valence-corrected chi connectivity index (χ3v) is 4.22. The summed E-state index contributed by atoms with van der Waals surface area (Å²) in [5.74, 6) is -1.15. The molecule has 0 unspecified atom stereocenters. The van der Waals surface area contributed by atoms with Gasteiger partial charge in [0.15, 0.2) is 0 Å². The van der Waals surface area contributed by atoms with E-state index in [-0.39, 0.29) is 11.9 Å². The van der Waals surface area contributed by atoms with E-state index >= 15 is 0 Å². The summed E-state index contributed by atoms with van der Waals surface area (Å²) in [5.41, 5.74) is 2.21. The molecule has 1 amide bonds. The molecule has 0 saturated heterocycles. The van der Waals surface area contributed by atoms with Crippen molar-refractivity contribution in [3.8, 4) is 0 Å². The van der Waals surface area contributed by atoms with Gasteiger partial charge >= 0.3 is 5.97 Å². The Morgan fingerprint density at radius 3 is 2.64 bits per heavy atom. The number of carbonyl (C=O) groups excluding carboxylic acids is 2. The summed E-state index contributed by atoms with van der Waals surface area (Å²) < 4.78 is 4.85. The number of hydrogen-bond acceptors (Lipinski definition) is 4. The van der Waals surface area contributed by atoms with Gasteiger partial charge in [0.1, 0.15) is 0 Å². The highest BCUT2D eigenvalue weighted by Gasteiger charge is 2.28. The van der Waals surface area contributed by atoms with Crippen LogP contribution in [-0.4, -0.2) is 29.2 Å². The molecule has 3 aromatic rings. The van der Waals surface area contributed by atoms with Crippen LogP contribution in [0.25, 0.3) is 10.9 Å². The van der Waals surface area contributed by atoms with E-state index in [9.17, 15) is 9.59 Å². The number of fused-ring (bicyclic) bond motifs is 1. The highest BCUT2D eigenvalue weighted by molar-refractivity contribution is 5.98. The summed E-state index contributed by atoms with van der Waals surface area (Å²) in [4.78, 5) is 24.7. The number of benzene rings is 2. The Kier molecular flexibility index (Phi) is 4.79. The largest absolute Gasteiger partial charge is 0.469 e. The van der Waals surface area contributed by atoms with E-state index < -0.39 is 12.0 Å². The number of H-pyrrole nitrogens is 1. The fourth-order valence-electron chi connectivity index (χ4n) is 2.79. The molecule has 0 aliphatic rings. The van der Waals surface area contributed by atoms with Crippen LogP contribution in [0.15, 0.2) is 54.7 Å². The molecule has 2 atom stereocenters. The van der Waals surface area contributed by atoms with Crippen molar-refractivity contribution in [2.75, 3.05) is 7.11 Å². The minimum Gasteiger partial charge on any atom is -0.469 e. The Morgan fingerprint density at radius 1 is 1.16 bits per heavy atom. The molecule has 6 heteroatoms. The lowest BCUT2D eigenvalue weighted by atomic mass is 9.94. The summed E-state index contributed by atoms with van der Waals surface area (Å²) in [6.07, 6.45) is 1.66. The van der Waals surface area contributed by atoms with Crippen molar-refractivity contribution < 1.29 is 14.3 Å². The summed E-state index contributed by atoms with van der Waals surface area (Å²) in [7, 11) is 1.34. The van der Waals surface area contributed by atoms with Gasteiger partial charge in [-0.15, -0.1) is 0 Å². The minimum atomic E-state index is -0.519. The molecule has 0 aliphatic heterocycles. The fourth-order valence-corrected chi connectivity index (χ4v) is 2.79. The Hall–Kier alpha value is -3.15. The van der Waals surface area contributed by atoms with E-state index in [0.29, 0.717) is 5.56 Å². The van der Waals surface area contributed by atoms with Crippen LogP contribution < -0.4 is 5.32 Å². The zero-order valence-corrected chi connectivity index (χ0v) is 14.0. The number of aromatic nitrogens is 2. The maximum absolute atomic E-state index is 12.7. The Balaban J connectivity index is 1.88. The van der Waals surface area contributed by atoms with Crippen LogP contribution in [0, 0.1) is 5.92 Å². The first-order valence-corrected chi connectivity index (χ1v) is 7.97. The van der Waals surface area contributed by atoms with E-state index in [0.717, 1.165) is 16.5 Å². The van der Waals surface area contributed by atoms with Gasteiger partial charge in [-0.05, 0) is 30.7 Å². The van der Waals surface area contributed by atoms with Crippen molar-refractivity contribution in [1.29, 1.82) is 0 Å². The van der Waals surface area contributed by atoms with Crippen LogP contribution in [0.3, 0.4) is 0 Å². The molecular formula is C19H19N3O3. The molecule has 1 heterocycles. The zero-order chi connectivity index (χ0) is 17.8. The van der Waals surface area contributed by atoms with Gasteiger partial charge in [0.2, 0.25) is 0 Å². The van der Waals surface area contributed by atoms with Gasteiger partial charge in [-0.2, -0.15) is 5.10 Å². The normalized spacial score (nSPS) is 13.2. The van der Waals surface area contributed by atoms with Gasteiger partial charge in [0.25, 0.3) is 5.91 Å². The van der Waals surface area contributed by atoms with Gasteiger partial charge in [-0.25, -0.2) is 0 Å². The second kappa shape index (κ2) is 7.17. The third kappa shape index (κ3) is 3.52. The van der Waals surface area contributed by atoms with Crippen molar-refractivity contribution in [2.45, 2.75) is 13.0 Å². The Labute approximate surface area is 145 Å². The number of nitrogens with zero attached hydrogens (tertiary/aromatic N) is 1. The highest BCUT2D eigenvalue weighted by Crippen LogP contribution is 2.24. The van der Waals surface area contributed by atoms with Gasteiger partial charge in [0.05, 0.1) is 30.8 Å². The highest BCUT2D eigenvalue weighted by atomic mass is 16.5. The van der Waals surface area contributed by atoms with Crippen LogP contribution in [0.4, 0.5) is 0 Å². The first kappa shape index (κ1) is 16.7. The molecule has 0 aliphatic carbocycles. The summed E-state index contributed by atoms with van der Waals surface area (Å²) in [6.45, 7) is 1.74. The minimum absolute atomic E-state index is 0.257. The average molecular weight is 337 g/mol. The monoisotopic (exact) mass is 337 g/mol. The van der Waals surface area contributed by atoms with Gasteiger partial charge < -0.3 is 10.1 Å². The number of aromatic amines is 1. The number of hydrogen-bond donors (Lipinski definition) is 2. The van der Waals surface area contributed by atoms with Gasteiger partial charge in [-0.3, -0.25) is 14.7 Å². The first-order chi connectivity index (χ1) is 12.1.